The first-order valence-corrected chi connectivity index (χ1v) is 17.7. The Morgan fingerprint density at radius 2 is 0.825 bits per heavy atom. The molecule has 0 unspecified atom stereocenters. The molecule has 40 heavy (non-hydrogen) atoms. The Morgan fingerprint density at radius 1 is 0.475 bits per heavy atom. The normalized spacial score (nSPS) is 11.4. The molecule has 0 aliphatic heterocycles. The number of hydrogen-bond donors (Lipinski definition) is 1. The summed E-state index contributed by atoms with van der Waals surface area (Å²) in [5.41, 5.74) is 0. The van der Waals surface area contributed by atoms with E-state index in [0.29, 0.717) is 19.4 Å². The average Bonchev–Trinajstić information content (AvgIpc) is 2.94. The smallest absolute Gasteiger partial charge is 0.305 e. The maximum Gasteiger partial charge on any atom is 0.305 e. The number of hydrogen-bond acceptors (Lipinski definition) is 3. The molecule has 4 nitrogen and oxygen atoms in total. The Hall–Kier alpha value is -1.32. The van der Waals surface area contributed by atoms with Crippen LogP contribution in [0.3, 0.4) is 0 Å². The van der Waals surface area contributed by atoms with Gasteiger partial charge in [0.15, 0.2) is 0 Å². The number of carboxylic acid groups (broad SMARTS) is 1. The Kier molecular flexibility index (Phi) is 32.8. The van der Waals surface area contributed by atoms with Crippen LogP contribution >= 0.6 is 0 Å². The standard InChI is InChI=1S/C36H68O4/c1-2-3-4-5-6-7-8-9-10-11-12-13-14-15-18-21-24-27-30-33-36(39)40-34-31-28-25-22-19-16-17-20-23-26-29-32-35(37)38/h9-10H,2-8,11-34H2,1H3,(H,37,38). The summed E-state index contributed by atoms with van der Waals surface area (Å²) < 4.78 is 5.41. The Bertz CT molecular complexity index is 557. The van der Waals surface area contributed by atoms with Crippen molar-refractivity contribution in [1.82, 2.24) is 0 Å². The van der Waals surface area contributed by atoms with Crippen molar-refractivity contribution in [2.45, 2.75) is 200 Å². The second kappa shape index (κ2) is 33.9. The maximum absolute atomic E-state index is 11.9. The largest absolute Gasteiger partial charge is 0.481 e. The number of ether oxygens (including phenoxy) is 1. The van der Waals surface area contributed by atoms with Gasteiger partial charge in [-0.25, -0.2) is 0 Å². The van der Waals surface area contributed by atoms with Gasteiger partial charge in [-0.3, -0.25) is 9.59 Å². The molecule has 0 rings (SSSR count). The molecule has 0 aromatic heterocycles. The van der Waals surface area contributed by atoms with Crippen LogP contribution in [0, 0.1) is 0 Å². The molecule has 4 heteroatoms. The minimum absolute atomic E-state index is 0.00984. The molecule has 1 N–H and O–H groups in total. The number of aliphatic carboxylic acids is 1. The van der Waals surface area contributed by atoms with Crippen LogP contribution in [0.15, 0.2) is 12.2 Å². The number of carbonyl (C=O) groups is 2. The van der Waals surface area contributed by atoms with Crippen LogP contribution in [0.2, 0.25) is 0 Å². The van der Waals surface area contributed by atoms with E-state index in [2.05, 4.69) is 19.1 Å². The lowest BCUT2D eigenvalue weighted by Crippen LogP contribution is -2.05. The highest BCUT2D eigenvalue weighted by atomic mass is 16.5. The first kappa shape index (κ1) is 38.7. The van der Waals surface area contributed by atoms with Crippen molar-refractivity contribution in [1.29, 1.82) is 0 Å². The number of esters is 1. The van der Waals surface area contributed by atoms with E-state index in [4.69, 9.17) is 9.84 Å². The van der Waals surface area contributed by atoms with Gasteiger partial charge in [0.05, 0.1) is 6.61 Å². The highest BCUT2D eigenvalue weighted by molar-refractivity contribution is 5.69. The predicted octanol–water partition coefficient (Wildman–Crippen LogP) is 11.9. The molecular weight excluding hydrogens is 496 g/mol. The van der Waals surface area contributed by atoms with Crippen molar-refractivity contribution in [3.05, 3.63) is 12.2 Å². The van der Waals surface area contributed by atoms with Crippen molar-refractivity contribution in [3.8, 4) is 0 Å². The van der Waals surface area contributed by atoms with E-state index in [0.717, 1.165) is 44.9 Å². The van der Waals surface area contributed by atoms with E-state index in [1.165, 1.54) is 135 Å². The summed E-state index contributed by atoms with van der Waals surface area (Å²) in [5, 5.41) is 8.62. The highest BCUT2D eigenvalue weighted by Crippen LogP contribution is 2.14. The summed E-state index contributed by atoms with van der Waals surface area (Å²) in [6.45, 7) is 2.87. The van der Waals surface area contributed by atoms with Crippen LogP contribution in [0.25, 0.3) is 0 Å². The van der Waals surface area contributed by atoms with E-state index in [1.807, 2.05) is 0 Å². The zero-order valence-electron chi connectivity index (χ0n) is 26.7. The lowest BCUT2D eigenvalue weighted by molar-refractivity contribution is -0.144. The van der Waals surface area contributed by atoms with Gasteiger partial charge in [-0.2, -0.15) is 0 Å². The number of carbonyl (C=O) groups excluding carboxylic acids is 1. The third kappa shape index (κ3) is 34.7. The van der Waals surface area contributed by atoms with Crippen LogP contribution < -0.4 is 0 Å². The molecule has 0 aliphatic carbocycles. The summed E-state index contributed by atoms with van der Waals surface area (Å²) in [4.78, 5) is 22.4. The molecule has 236 valence electrons. The van der Waals surface area contributed by atoms with Gasteiger partial charge >= 0.3 is 11.9 Å². The fraction of sp³-hybridized carbons (Fsp3) is 0.889. The van der Waals surface area contributed by atoms with E-state index in [1.54, 1.807) is 0 Å². The SMILES string of the molecule is CCCCCCCCC=CCCCCCCCCCCCC(=O)OCCCCCCCCCCCCCC(=O)O. The minimum Gasteiger partial charge on any atom is -0.481 e. The highest BCUT2D eigenvalue weighted by Gasteiger charge is 2.03. The summed E-state index contributed by atoms with van der Waals surface area (Å²) in [7, 11) is 0. The average molecular weight is 565 g/mol. The van der Waals surface area contributed by atoms with Crippen molar-refractivity contribution in [3.63, 3.8) is 0 Å². The molecule has 0 saturated heterocycles. The van der Waals surface area contributed by atoms with E-state index >= 15 is 0 Å². The molecule has 0 aromatic rings. The second-order valence-corrected chi connectivity index (χ2v) is 12.0. The first-order valence-electron chi connectivity index (χ1n) is 17.7. The Morgan fingerprint density at radius 3 is 1.25 bits per heavy atom. The van der Waals surface area contributed by atoms with Crippen LogP contribution in [0.5, 0.6) is 0 Å². The zero-order valence-corrected chi connectivity index (χ0v) is 26.7. The van der Waals surface area contributed by atoms with Crippen LogP contribution in [0.1, 0.15) is 200 Å². The topological polar surface area (TPSA) is 63.6 Å². The monoisotopic (exact) mass is 565 g/mol. The molecule has 0 aromatic carbocycles. The molecule has 0 amide bonds. The molecular formula is C36H68O4. The van der Waals surface area contributed by atoms with Crippen molar-refractivity contribution >= 4 is 11.9 Å². The number of allylic oxidation sites excluding steroid dienone is 2. The molecule has 0 saturated carbocycles. The fourth-order valence-electron chi connectivity index (χ4n) is 5.27. The lowest BCUT2D eigenvalue weighted by atomic mass is 10.1. The van der Waals surface area contributed by atoms with Crippen LogP contribution in [0.4, 0.5) is 0 Å². The van der Waals surface area contributed by atoms with Crippen LogP contribution in [-0.2, 0) is 14.3 Å². The number of carboxylic acids is 1. The molecule has 0 atom stereocenters. The van der Waals surface area contributed by atoms with E-state index in [9.17, 15) is 9.59 Å². The molecule has 0 bridgehead atoms. The van der Waals surface area contributed by atoms with Gasteiger partial charge in [0.25, 0.3) is 0 Å². The van der Waals surface area contributed by atoms with E-state index in [-0.39, 0.29) is 5.97 Å². The Labute approximate surface area is 249 Å². The predicted molar refractivity (Wildman–Crippen MR) is 172 cm³/mol. The van der Waals surface area contributed by atoms with Gasteiger partial charge in [-0.15, -0.1) is 0 Å². The zero-order chi connectivity index (χ0) is 29.2. The third-order valence-corrected chi connectivity index (χ3v) is 7.94. The number of rotatable bonds is 33. The van der Waals surface area contributed by atoms with Gasteiger partial charge < -0.3 is 9.84 Å². The summed E-state index contributed by atoms with van der Waals surface area (Å²) in [6, 6.07) is 0. The molecule has 0 spiro atoms. The molecule has 0 aliphatic rings. The van der Waals surface area contributed by atoms with Crippen molar-refractivity contribution < 1.29 is 19.4 Å². The lowest BCUT2D eigenvalue weighted by Gasteiger charge is -2.06. The fourth-order valence-corrected chi connectivity index (χ4v) is 5.27. The summed E-state index contributed by atoms with van der Waals surface area (Å²) >= 11 is 0. The van der Waals surface area contributed by atoms with Crippen molar-refractivity contribution in [2.24, 2.45) is 0 Å². The molecule has 0 heterocycles. The van der Waals surface area contributed by atoms with Crippen molar-refractivity contribution in [2.75, 3.05) is 6.61 Å². The van der Waals surface area contributed by atoms with Crippen LogP contribution in [-0.4, -0.2) is 23.7 Å². The van der Waals surface area contributed by atoms with Gasteiger partial charge in [0, 0.05) is 12.8 Å². The van der Waals surface area contributed by atoms with Gasteiger partial charge in [0.1, 0.15) is 0 Å². The van der Waals surface area contributed by atoms with Gasteiger partial charge in [0.2, 0.25) is 0 Å². The first-order chi connectivity index (χ1) is 19.7. The maximum atomic E-state index is 11.9. The third-order valence-electron chi connectivity index (χ3n) is 7.94. The quantitative estimate of drug-likeness (QED) is 0.0489. The summed E-state index contributed by atoms with van der Waals surface area (Å²) in [6.07, 6.45) is 40.8. The molecule has 0 fully saturated rings. The van der Waals surface area contributed by atoms with Gasteiger partial charge in [-0.05, 0) is 44.9 Å². The number of unbranched alkanes of at least 4 members (excludes halogenated alkanes) is 25. The Balaban J connectivity index is 3.19. The minimum atomic E-state index is -0.677. The van der Waals surface area contributed by atoms with Gasteiger partial charge in [-0.1, -0.05) is 154 Å². The van der Waals surface area contributed by atoms with E-state index < -0.39 is 5.97 Å². The molecule has 0 radical (unpaired) electrons. The second-order valence-electron chi connectivity index (χ2n) is 12.0. The summed E-state index contributed by atoms with van der Waals surface area (Å²) in [5.74, 6) is -0.686.